The number of nitrogens with one attached hydrogen (secondary N) is 1. The molecule has 0 bridgehead atoms. The van der Waals surface area contributed by atoms with Crippen LogP contribution in [0.5, 0.6) is 5.75 Å². The zero-order valence-corrected chi connectivity index (χ0v) is 18.5. The summed E-state index contributed by atoms with van der Waals surface area (Å²) in [6.45, 7) is 3.80. The van der Waals surface area contributed by atoms with Crippen molar-refractivity contribution in [1.29, 1.82) is 0 Å². The lowest BCUT2D eigenvalue weighted by Gasteiger charge is -2.26. The molecular formula is C25H25ClN2O3. The lowest BCUT2D eigenvalue weighted by Crippen LogP contribution is -2.43. The lowest BCUT2D eigenvalue weighted by molar-refractivity contribution is -0.128. The van der Waals surface area contributed by atoms with Crippen LogP contribution in [0.15, 0.2) is 78.9 Å². The van der Waals surface area contributed by atoms with Crippen molar-refractivity contribution >= 4 is 29.1 Å². The molecule has 0 aromatic heterocycles. The van der Waals surface area contributed by atoms with E-state index in [-0.39, 0.29) is 11.8 Å². The van der Waals surface area contributed by atoms with Crippen LogP contribution in [0.2, 0.25) is 5.02 Å². The number of hydrogen-bond acceptors (Lipinski definition) is 3. The molecule has 3 rings (SSSR count). The predicted molar refractivity (Wildman–Crippen MR) is 123 cm³/mol. The Hall–Kier alpha value is -3.31. The van der Waals surface area contributed by atoms with Gasteiger partial charge in [0.05, 0.1) is 11.3 Å². The molecule has 0 aliphatic rings. The SMILES string of the molecule is CN(Cc1ccccc1)C(=O)c1ccccc1NC(=O)C(C)(C)Oc1ccc(Cl)cc1. The van der Waals surface area contributed by atoms with Gasteiger partial charge < -0.3 is 15.0 Å². The van der Waals surface area contributed by atoms with Crippen LogP contribution >= 0.6 is 11.6 Å². The normalized spacial score (nSPS) is 11.0. The number of benzene rings is 3. The summed E-state index contributed by atoms with van der Waals surface area (Å²) >= 11 is 5.91. The predicted octanol–water partition coefficient (Wildman–Crippen LogP) is 5.41. The van der Waals surface area contributed by atoms with Crippen LogP contribution in [-0.2, 0) is 11.3 Å². The van der Waals surface area contributed by atoms with Gasteiger partial charge in [-0.25, -0.2) is 0 Å². The molecule has 0 aliphatic carbocycles. The molecule has 0 saturated carbocycles. The number of ether oxygens (including phenoxy) is 1. The summed E-state index contributed by atoms with van der Waals surface area (Å²) in [4.78, 5) is 27.6. The fourth-order valence-corrected chi connectivity index (χ4v) is 3.16. The Labute approximate surface area is 187 Å². The number of amides is 2. The number of nitrogens with zero attached hydrogens (tertiary/aromatic N) is 1. The minimum Gasteiger partial charge on any atom is -0.478 e. The lowest BCUT2D eigenvalue weighted by atomic mass is 10.1. The van der Waals surface area contributed by atoms with Crippen LogP contribution in [-0.4, -0.2) is 29.4 Å². The quantitative estimate of drug-likeness (QED) is 0.538. The minimum absolute atomic E-state index is 0.184. The van der Waals surface area contributed by atoms with E-state index in [1.54, 1.807) is 74.3 Å². The second kappa shape index (κ2) is 9.67. The van der Waals surface area contributed by atoms with E-state index in [9.17, 15) is 9.59 Å². The second-order valence-corrected chi connectivity index (χ2v) is 8.15. The molecule has 1 N–H and O–H groups in total. The topological polar surface area (TPSA) is 58.6 Å². The third kappa shape index (κ3) is 5.86. The highest BCUT2D eigenvalue weighted by Crippen LogP contribution is 2.24. The summed E-state index contributed by atoms with van der Waals surface area (Å²) in [5.41, 5.74) is 0.707. The van der Waals surface area contributed by atoms with Gasteiger partial charge >= 0.3 is 0 Å². The Bertz CT molecular complexity index is 1050. The monoisotopic (exact) mass is 436 g/mol. The van der Waals surface area contributed by atoms with E-state index in [0.29, 0.717) is 28.6 Å². The average molecular weight is 437 g/mol. The molecule has 0 aliphatic heterocycles. The van der Waals surface area contributed by atoms with Crippen molar-refractivity contribution in [3.63, 3.8) is 0 Å². The van der Waals surface area contributed by atoms with E-state index >= 15 is 0 Å². The minimum atomic E-state index is -1.17. The van der Waals surface area contributed by atoms with Crippen LogP contribution in [0.4, 0.5) is 5.69 Å². The van der Waals surface area contributed by atoms with Gasteiger partial charge in [-0.3, -0.25) is 9.59 Å². The van der Waals surface area contributed by atoms with Crippen molar-refractivity contribution in [1.82, 2.24) is 4.90 Å². The highest BCUT2D eigenvalue weighted by molar-refractivity contribution is 6.30. The third-order valence-electron chi connectivity index (χ3n) is 4.75. The molecule has 0 unspecified atom stereocenters. The standard InChI is InChI=1S/C25H25ClN2O3/c1-25(2,31-20-15-13-19(26)14-16-20)24(30)27-22-12-8-7-11-21(22)23(29)28(3)17-18-9-5-4-6-10-18/h4-16H,17H2,1-3H3,(H,27,30). The fourth-order valence-electron chi connectivity index (χ4n) is 3.03. The molecule has 0 atom stereocenters. The molecule has 0 heterocycles. The summed E-state index contributed by atoms with van der Waals surface area (Å²) < 4.78 is 5.85. The maximum absolute atomic E-state index is 13.1. The van der Waals surface area contributed by atoms with Gasteiger partial charge in [-0.2, -0.15) is 0 Å². The Morgan fingerprint density at radius 1 is 0.935 bits per heavy atom. The Balaban J connectivity index is 1.73. The van der Waals surface area contributed by atoms with Crippen molar-refractivity contribution in [3.8, 4) is 5.75 Å². The first kappa shape index (κ1) is 22.4. The zero-order valence-electron chi connectivity index (χ0n) is 17.8. The zero-order chi connectivity index (χ0) is 22.4. The van der Waals surface area contributed by atoms with Gasteiger partial charge in [-0.05, 0) is 55.8 Å². The number of hydrogen-bond donors (Lipinski definition) is 1. The number of anilines is 1. The van der Waals surface area contributed by atoms with Crippen molar-refractivity contribution in [2.45, 2.75) is 26.0 Å². The molecule has 3 aromatic carbocycles. The molecule has 0 saturated heterocycles. The average Bonchev–Trinajstić information content (AvgIpc) is 2.76. The first-order valence-corrected chi connectivity index (χ1v) is 10.3. The van der Waals surface area contributed by atoms with Crippen LogP contribution in [0.1, 0.15) is 29.8 Å². The molecule has 6 heteroatoms. The second-order valence-electron chi connectivity index (χ2n) is 7.71. The van der Waals surface area contributed by atoms with E-state index < -0.39 is 5.60 Å². The highest BCUT2D eigenvalue weighted by Gasteiger charge is 2.31. The van der Waals surface area contributed by atoms with Crippen LogP contribution in [0, 0.1) is 0 Å². The van der Waals surface area contributed by atoms with Crippen LogP contribution < -0.4 is 10.1 Å². The van der Waals surface area contributed by atoms with Crippen LogP contribution in [0.3, 0.4) is 0 Å². The Morgan fingerprint density at radius 2 is 1.55 bits per heavy atom. The first-order chi connectivity index (χ1) is 14.8. The van der Waals surface area contributed by atoms with Gasteiger partial charge in [-0.15, -0.1) is 0 Å². The van der Waals surface area contributed by atoms with Gasteiger partial charge in [0.15, 0.2) is 5.60 Å². The van der Waals surface area contributed by atoms with E-state index in [4.69, 9.17) is 16.3 Å². The molecule has 0 radical (unpaired) electrons. The van der Waals surface area contributed by atoms with Gasteiger partial charge in [0.1, 0.15) is 5.75 Å². The van der Waals surface area contributed by atoms with Gasteiger partial charge in [0.25, 0.3) is 11.8 Å². The molecule has 2 amide bonds. The van der Waals surface area contributed by atoms with Gasteiger partial charge in [0, 0.05) is 18.6 Å². The van der Waals surface area contributed by atoms with E-state index in [1.807, 2.05) is 30.3 Å². The Kier molecular flexibility index (Phi) is 6.98. The summed E-state index contributed by atoms with van der Waals surface area (Å²) in [7, 11) is 1.74. The first-order valence-electron chi connectivity index (χ1n) is 9.91. The molecule has 160 valence electrons. The largest absolute Gasteiger partial charge is 0.478 e. The van der Waals surface area contributed by atoms with Crippen LogP contribution in [0.25, 0.3) is 0 Å². The maximum Gasteiger partial charge on any atom is 0.267 e. The number of carbonyl (C=O) groups is 2. The number of carbonyl (C=O) groups excluding carboxylic acids is 2. The van der Waals surface area contributed by atoms with Crippen molar-refractivity contribution in [2.24, 2.45) is 0 Å². The van der Waals surface area contributed by atoms with E-state index in [1.165, 1.54) is 0 Å². The molecule has 0 fully saturated rings. The van der Waals surface area contributed by atoms with Crippen molar-refractivity contribution < 1.29 is 14.3 Å². The molecule has 31 heavy (non-hydrogen) atoms. The number of para-hydroxylation sites is 1. The van der Waals surface area contributed by atoms with Crippen molar-refractivity contribution in [2.75, 3.05) is 12.4 Å². The molecular weight excluding hydrogens is 412 g/mol. The summed E-state index contributed by atoms with van der Waals surface area (Å²) in [5.74, 6) is -0.0268. The molecule has 5 nitrogen and oxygen atoms in total. The third-order valence-corrected chi connectivity index (χ3v) is 5.00. The Morgan fingerprint density at radius 3 is 2.23 bits per heavy atom. The smallest absolute Gasteiger partial charge is 0.267 e. The number of halogens is 1. The molecule has 3 aromatic rings. The van der Waals surface area contributed by atoms with E-state index in [2.05, 4.69) is 5.32 Å². The summed E-state index contributed by atoms with van der Waals surface area (Å²) in [6, 6.07) is 23.5. The summed E-state index contributed by atoms with van der Waals surface area (Å²) in [5, 5.41) is 3.43. The maximum atomic E-state index is 13.1. The van der Waals surface area contributed by atoms with E-state index in [0.717, 1.165) is 5.56 Å². The molecule has 0 spiro atoms. The van der Waals surface area contributed by atoms with Gasteiger partial charge in [0.2, 0.25) is 0 Å². The van der Waals surface area contributed by atoms with Crippen molar-refractivity contribution in [3.05, 3.63) is 95.0 Å². The number of rotatable bonds is 7. The fraction of sp³-hybridized carbons (Fsp3) is 0.200. The highest BCUT2D eigenvalue weighted by atomic mass is 35.5. The van der Waals surface area contributed by atoms with Gasteiger partial charge in [-0.1, -0.05) is 54.1 Å². The summed E-state index contributed by atoms with van der Waals surface area (Å²) in [6.07, 6.45) is 0.